The van der Waals surface area contributed by atoms with Crippen LogP contribution in [0.25, 0.3) is 0 Å². The predicted octanol–water partition coefficient (Wildman–Crippen LogP) is 4.45. The Morgan fingerprint density at radius 2 is 1.89 bits per heavy atom. The van der Waals surface area contributed by atoms with Crippen LogP contribution >= 0.6 is 11.6 Å². The zero-order valence-electron chi connectivity index (χ0n) is 15.6. The molecule has 2 aromatic carbocycles. The van der Waals surface area contributed by atoms with Crippen molar-refractivity contribution in [1.82, 2.24) is 9.97 Å². The molecule has 0 aliphatic carbocycles. The standard InChI is InChI=1S/C20H19ClN4O3/c1-12-4-5-13(10-15(12)21)23-19(26)17-8-9-22-20(25-17)24-16-7-6-14(27-2)11-18(16)28-3/h4-11H,1-3H3,(H,23,26)(H,22,24,25). The Morgan fingerprint density at radius 1 is 1.07 bits per heavy atom. The molecule has 0 atom stereocenters. The summed E-state index contributed by atoms with van der Waals surface area (Å²) < 4.78 is 10.5. The van der Waals surface area contributed by atoms with Gasteiger partial charge >= 0.3 is 0 Å². The largest absolute Gasteiger partial charge is 0.497 e. The summed E-state index contributed by atoms with van der Waals surface area (Å²) >= 11 is 6.10. The molecule has 0 saturated heterocycles. The van der Waals surface area contributed by atoms with Crippen LogP contribution in [0.1, 0.15) is 16.1 Å². The van der Waals surface area contributed by atoms with Gasteiger partial charge in [0.1, 0.15) is 17.2 Å². The van der Waals surface area contributed by atoms with Gasteiger partial charge in [0.2, 0.25) is 5.95 Å². The molecule has 1 amide bonds. The highest BCUT2D eigenvalue weighted by Gasteiger charge is 2.12. The lowest BCUT2D eigenvalue weighted by molar-refractivity contribution is 0.102. The van der Waals surface area contributed by atoms with Gasteiger partial charge in [-0.05, 0) is 42.8 Å². The zero-order chi connectivity index (χ0) is 20.1. The van der Waals surface area contributed by atoms with E-state index in [2.05, 4.69) is 20.6 Å². The minimum Gasteiger partial charge on any atom is -0.497 e. The van der Waals surface area contributed by atoms with E-state index in [1.807, 2.05) is 13.0 Å². The average molecular weight is 399 g/mol. The van der Waals surface area contributed by atoms with Gasteiger partial charge in [0.05, 0.1) is 19.9 Å². The van der Waals surface area contributed by atoms with Crippen LogP contribution in [0.15, 0.2) is 48.7 Å². The van der Waals surface area contributed by atoms with Crippen molar-refractivity contribution in [3.63, 3.8) is 0 Å². The minimum atomic E-state index is -0.368. The third kappa shape index (κ3) is 4.50. The quantitative estimate of drug-likeness (QED) is 0.638. The third-order valence-corrected chi connectivity index (χ3v) is 4.38. The van der Waals surface area contributed by atoms with Crippen LogP contribution < -0.4 is 20.1 Å². The number of benzene rings is 2. The molecular weight excluding hydrogens is 380 g/mol. The van der Waals surface area contributed by atoms with Gasteiger partial charge in [-0.1, -0.05) is 17.7 Å². The summed E-state index contributed by atoms with van der Waals surface area (Å²) in [5.74, 6) is 1.12. The van der Waals surface area contributed by atoms with Gasteiger partial charge in [0.25, 0.3) is 5.91 Å². The Morgan fingerprint density at radius 3 is 2.61 bits per heavy atom. The van der Waals surface area contributed by atoms with Crippen molar-refractivity contribution < 1.29 is 14.3 Å². The Hall–Kier alpha value is -3.32. The van der Waals surface area contributed by atoms with E-state index in [-0.39, 0.29) is 17.5 Å². The smallest absolute Gasteiger partial charge is 0.274 e. The molecular formula is C20H19ClN4O3. The SMILES string of the molecule is COc1ccc(Nc2nccc(C(=O)Nc3ccc(C)c(Cl)c3)n2)c(OC)c1. The Kier molecular flexibility index (Phi) is 5.96. The number of methoxy groups -OCH3 is 2. The van der Waals surface area contributed by atoms with Crippen molar-refractivity contribution in [2.24, 2.45) is 0 Å². The maximum absolute atomic E-state index is 12.5. The van der Waals surface area contributed by atoms with E-state index in [4.69, 9.17) is 21.1 Å². The summed E-state index contributed by atoms with van der Waals surface area (Å²) in [5.41, 5.74) is 2.38. The molecule has 3 rings (SSSR count). The highest BCUT2D eigenvalue weighted by Crippen LogP contribution is 2.30. The van der Waals surface area contributed by atoms with E-state index in [1.165, 1.54) is 12.3 Å². The number of rotatable bonds is 6. The summed E-state index contributed by atoms with van der Waals surface area (Å²) in [7, 11) is 3.13. The van der Waals surface area contributed by atoms with Crippen molar-refractivity contribution in [1.29, 1.82) is 0 Å². The normalized spacial score (nSPS) is 10.3. The number of halogens is 1. The van der Waals surface area contributed by atoms with Gasteiger partial charge in [0, 0.05) is 23.0 Å². The van der Waals surface area contributed by atoms with Crippen molar-refractivity contribution in [2.45, 2.75) is 6.92 Å². The van der Waals surface area contributed by atoms with Crippen LogP contribution in [0, 0.1) is 6.92 Å². The number of nitrogens with one attached hydrogen (secondary N) is 2. The molecule has 8 heteroatoms. The number of hydrogen-bond acceptors (Lipinski definition) is 6. The number of hydrogen-bond donors (Lipinski definition) is 2. The second-order valence-electron chi connectivity index (χ2n) is 5.87. The maximum Gasteiger partial charge on any atom is 0.274 e. The van der Waals surface area contributed by atoms with Gasteiger partial charge in [-0.25, -0.2) is 9.97 Å². The first-order chi connectivity index (χ1) is 13.5. The second kappa shape index (κ2) is 8.58. The van der Waals surface area contributed by atoms with Crippen molar-refractivity contribution in [3.8, 4) is 11.5 Å². The molecule has 0 spiro atoms. The summed E-state index contributed by atoms with van der Waals surface area (Å²) in [6.45, 7) is 1.89. The molecule has 144 valence electrons. The van der Waals surface area contributed by atoms with E-state index in [9.17, 15) is 4.79 Å². The highest BCUT2D eigenvalue weighted by atomic mass is 35.5. The number of aromatic nitrogens is 2. The van der Waals surface area contributed by atoms with E-state index >= 15 is 0 Å². The van der Waals surface area contributed by atoms with E-state index in [1.54, 1.807) is 44.6 Å². The molecule has 0 aliphatic rings. The predicted molar refractivity (Wildman–Crippen MR) is 109 cm³/mol. The average Bonchev–Trinajstić information content (AvgIpc) is 2.71. The fourth-order valence-corrected chi connectivity index (χ4v) is 2.61. The summed E-state index contributed by atoms with van der Waals surface area (Å²) in [6, 6.07) is 12.1. The van der Waals surface area contributed by atoms with Crippen LogP contribution in [0.3, 0.4) is 0 Å². The molecule has 28 heavy (non-hydrogen) atoms. The van der Waals surface area contributed by atoms with Gasteiger partial charge in [0.15, 0.2) is 0 Å². The first kappa shape index (κ1) is 19.4. The Balaban J connectivity index is 1.78. The first-order valence-corrected chi connectivity index (χ1v) is 8.77. The van der Waals surface area contributed by atoms with Crippen molar-refractivity contribution in [3.05, 3.63) is 64.9 Å². The second-order valence-corrected chi connectivity index (χ2v) is 6.28. The molecule has 0 aliphatic heterocycles. The first-order valence-electron chi connectivity index (χ1n) is 8.39. The lowest BCUT2D eigenvalue weighted by atomic mass is 10.2. The van der Waals surface area contributed by atoms with Gasteiger partial charge < -0.3 is 20.1 Å². The van der Waals surface area contributed by atoms with E-state index in [0.717, 1.165) is 5.56 Å². The van der Waals surface area contributed by atoms with Crippen molar-refractivity contribution in [2.75, 3.05) is 24.9 Å². The number of amides is 1. The van der Waals surface area contributed by atoms with E-state index in [0.29, 0.717) is 27.9 Å². The van der Waals surface area contributed by atoms with Crippen LogP contribution in [0.4, 0.5) is 17.3 Å². The number of carbonyl (C=O) groups excluding carboxylic acids is 1. The maximum atomic E-state index is 12.5. The van der Waals surface area contributed by atoms with Crippen LogP contribution in [0.5, 0.6) is 11.5 Å². The zero-order valence-corrected chi connectivity index (χ0v) is 16.4. The summed E-state index contributed by atoms with van der Waals surface area (Å²) in [6.07, 6.45) is 1.50. The molecule has 0 fully saturated rings. The molecule has 7 nitrogen and oxygen atoms in total. The molecule has 0 bridgehead atoms. The number of aryl methyl sites for hydroxylation is 1. The third-order valence-electron chi connectivity index (χ3n) is 3.97. The molecule has 3 aromatic rings. The number of carbonyl (C=O) groups is 1. The molecule has 1 aromatic heterocycles. The molecule has 2 N–H and O–H groups in total. The van der Waals surface area contributed by atoms with Crippen molar-refractivity contribution >= 4 is 34.8 Å². The van der Waals surface area contributed by atoms with Gasteiger partial charge in [-0.3, -0.25) is 4.79 Å². The Bertz CT molecular complexity index is 1010. The fraction of sp³-hybridized carbons (Fsp3) is 0.150. The van der Waals surface area contributed by atoms with E-state index < -0.39 is 0 Å². The van der Waals surface area contributed by atoms with Gasteiger partial charge in [-0.15, -0.1) is 0 Å². The summed E-state index contributed by atoms with van der Waals surface area (Å²) in [5, 5.41) is 6.40. The molecule has 0 unspecified atom stereocenters. The number of nitrogens with zero attached hydrogens (tertiary/aromatic N) is 2. The van der Waals surface area contributed by atoms with Crippen LogP contribution in [0.2, 0.25) is 5.02 Å². The fourth-order valence-electron chi connectivity index (χ4n) is 2.43. The Labute approximate surface area is 167 Å². The molecule has 0 saturated carbocycles. The number of anilines is 3. The lowest BCUT2D eigenvalue weighted by Crippen LogP contribution is -2.15. The topological polar surface area (TPSA) is 85.4 Å². The summed E-state index contributed by atoms with van der Waals surface area (Å²) in [4.78, 5) is 20.9. The van der Waals surface area contributed by atoms with Crippen LogP contribution in [-0.2, 0) is 0 Å². The molecule has 0 radical (unpaired) electrons. The minimum absolute atomic E-state index is 0.210. The van der Waals surface area contributed by atoms with Crippen LogP contribution in [-0.4, -0.2) is 30.1 Å². The lowest BCUT2D eigenvalue weighted by Gasteiger charge is -2.12. The monoisotopic (exact) mass is 398 g/mol. The number of ether oxygens (including phenoxy) is 2. The highest BCUT2D eigenvalue weighted by molar-refractivity contribution is 6.31. The van der Waals surface area contributed by atoms with Gasteiger partial charge in [-0.2, -0.15) is 0 Å². The molecule has 1 heterocycles.